The van der Waals surface area contributed by atoms with Crippen LogP contribution in [0.25, 0.3) is 0 Å². The van der Waals surface area contributed by atoms with Gasteiger partial charge >= 0.3 is 0 Å². The maximum Gasteiger partial charge on any atom is 0.276 e. The number of anilines is 1. The van der Waals surface area contributed by atoms with Crippen LogP contribution in [-0.2, 0) is 9.59 Å². The summed E-state index contributed by atoms with van der Waals surface area (Å²) in [5, 5.41) is 3.46. The second-order valence-corrected chi connectivity index (χ2v) is 7.90. The minimum Gasteiger partial charge on any atom is -0.494 e. The minimum absolute atomic E-state index is 0.0252. The fraction of sp³-hybridized carbons (Fsp3) is 0.545. The highest BCUT2D eigenvalue weighted by Crippen LogP contribution is 2.22. The van der Waals surface area contributed by atoms with Gasteiger partial charge in [-0.3, -0.25) is 14.6 Å². The van der Waals surface area contributed by atoms with Crippen LogP contribution in [0.1, 0.15) is 26.2 Å². The van der Waals surface area contributed by atoms with Crippen LogP contribution >= 0.6 is 0 Å². The van der Waals surface area contributed by atoms with E-state index in [1.54, 1.807) is 4.90 Å². The summed E-state index contributed by atoms with van der Waals surface area (Å²) in [5.41, 5.74) is 0.822. The molecule has 2 N–H and O–H groups in total. The lowest BCUT2D eigenvalue weighted by Gasteiger charge is -2.34. The van der Waals surface area contributed by atoms with Crippen LogP contribution in [0.5, 0.6) is 5.75 Å². The Hall–Kier alpha value is -2.94. The van der Waals surface area contributed by atoms with Crippen LogP contribution in [0.15, 0.2) is 34.4 Å². The summed E-state index contributed by atoms with van der Waals surface area (Å²) in [6.07, 6.45) is 4.87. The number of amides is 2. The van der Waals surface area contributed by atoms with Crippen molar-refractivity contribution in [2.24, 2.45) is 15.9 Å². The Labute approximate surface area is 183 Å². The molecule has 2 fully saturated rings. The fourth-order valence-electron chi connectivity index (χ4n) is 4.05. The molecule has 2 amide bonds. The van der Waals surface area contributed by atoms with Crippen molar-refractivity contribution in [3.63, 3.8) is 0 Å². The molecular formula is C22H32N6O3. The molecule has 9 heteroatoms. The number of nitrogens with two attached hydrogens (primary N) is 1. The quantitative estimate of drug-likeness (QED) is 0.289. The molecule has 2 aliphatic heterocycles. The van der Waals surface area contributed by atoms with Crippen molar-refractivity contribution in [2.75, 3.05) is 51.3 Å². The third-order valence-corrected chi connectivity index (χ3v) is 5.81. The van der Waals surface area contributed by atoms with Crippen LogP contribution in [0.4, 0.5) is 5.69 Å². The van der Waals surface area contributed by atoms with Gasteiger partial charge in [0.2, 0.25) is 5.91 Å². The number of carbonyl (C=O) groups excluding carboxylic acids is 2. The molecule has 2 heterocycles. The number of aliphatic imine (C=N–C) groups is 1. The van der Waals surface area contributed by atoms with E-state index >= 15 is 0 Å². The molecule has 0 saturated carbocycles. The molecule has 1 aromatic carbocycles. The highest BCUT2D eigenvalue weighted by molar-refractivity contribution is 6.60. The topological polar surface area (TPSA) is 104 Å². The summed E-state index contributed by atoms with van der Waals surface area (Å²) >= 11 is 0. The number of piperazine rings is 1. The van der Waals surface area contributed by atoms with Gasteiger partial charge in [-0.25, -0.2) is 0 Å². The molecule has 2 saturated heterocycles. The van der Waals surface area contributed by atoms with Crippen LogP contribution in [-0.4, -0.2) is 86.0 Å². The lowest BCUT2D eigenvalue weighted by molar-refractivity contribution is -0.131. The average molecular weight is 429 g/mol. The van der Waals surface area contributed by atoms with Gasteiger partial charge in [-0.2, -0.15) is 5.10 Å². The van der Waals surface area contributed by atoms with E-state index < -0.39 is 5.91 Å². The molecule has 31 heavy (non-hydrogen) atoms. The van der Waals surface area contributed by atoms with Gasteiger partial charge in [0.1, 0.15) is 12.3 Å². The summed E-state index contributed by atoms with van der Waals surface area (Å²) < 4.78 is 5.86. The number of benzene rings is 1. The van der Waals surface area contributed by atoms with Gasteiger partial charge in [0.15, 0.2) is 5.71 Å². The zero-order valence-corrected chi connectivity index (χ0v) is 18.4. The van der Waals surface area contributed by atoms with E-state index in [0.29, 0.717) is 25.7 Å². The van der Waals surface area contributed by atoms with Crippen molar-refractivity contribution in [1.29, 1.82) is 0 Å². The first kappa shape index (κ1) is 22.7. The summed E-state index contributed by atoms with van der Waals surface area (Å²) in [7, 11) is 1.53. The van der Waals surface area contributed by atoms with E-state index in [-0.39, 0.29) is 18.2 Å². The predicted octanol–water partition coefficient (Wildman–Crippen LogP) is 1.13. The van der Waals surface area contributed by atoms with Gasteiger partial charge in [-0.15, -0.1) is 0 Å². The summed E-state index contributed by atoms with van der Waals surface area (Å²) in [5.74, 6) is 5.50. The van der Waals surface area contributed by atoms with Crippen molar-refractivity contribution >= 4 is 29.4 Å². The summed E-state index contributed by atoms with van der Waals surface area (Å²) in [6, 6.07) is 8.21. The molecule has 0 aromatic heterocycles. The molecule has 2 aliphatic rings. The Kier molecular flexibility index (Phi) is 8.00. The average Bonchev–Trinajstić information content (AvgIpc) is 3.19. The first-order chi connectivity index (χ1) is 15.0. The second-order valence-electron chi connectivity index (χ2n) is 7.90. The Bertz CT molecular complexity index is 823. The van der Waals surface area contributed by atoms with Gasteiger partial charge in [-0.05, 0) is 57.0 Å². The van der Waals surface area contributed by atoms with Gasteiger partial charge in [0.05, 0.1) is 12.8 Å². The lowest BCUT2D eigenvalue weighted by atomic mass is 10.2. The van der Waals surface area contributed by atoms with Gasteiger partial charge in [0, 0.05) is 38.4 Å². The Morgan fingerprint density at radius 1 is 1.26 bits per heavy atom. The molecule has 1 aromatic rings. The first-order valence-corrected chi connectivity index (χ1v) is 10.8. The fourth-order valence-corrected chi connectivity index (χ4v) is 4.05. The Morgan fingerprint density at radius 2 is 2.03 bits per heavy atom. The third kappa shape index (κ3) is 5.81. The van der Waals surface area contributed by atoms with Gasteiger partial charge < -0.3 is 25.3 Å². The van der Waals surface area contributed by atoms with Crippen molar-refractivity contribution in [1.82, 2.24) is 9.80 Å². The number of hydrogen-bond donors (Lipinski definition) is 1. The Morgan fingerprint density at radius 3 is 2.65 bits per heavy atom. The summed E-state index contributed by atoms with van der Waals surface area (Å²) in [4.78, 5) is 34.4. The molecule has 0 unspecified atom stereocenters. The van der Waals surface area contributed by atoms with E-state index in [0.717, 1.165) is 24.4 Å². The van der Waals surface area contributed by atoms with Crippen LogP contribution in [0.2, 0.25) is 0 Å². The largest absolute Gasteiger partial charge is 0.494 e. The van der Waals surface area contributed by atoms with Crippen molar-refractivity contribution in [3.05, 3.63) is 24.3 Å². The van der Waals surface area contributed by atoms with Gasteiger partial charge in [0.25, 0.3) is 5.91 Å². The number of ether oxygens (including phenoxy) is 1. The summed E-state index contributed by atoms with van der Waals surface area (Å²) in [6.45, 7) is 5.99. The predicted molar refractivity (Wildman–Crippen MR) is 122 cm³/mol. The van der Waals surface area contributed by atoms with Crippen LogP contribution < -0.4 is 15.5 Å². The minimum atomic E-state index is -0.395. The molecule has 0 bridgehead atoms. The van der Waals surface area contributed by atoms with Crippen LogP contribution in [0.3, 0.4) is 0 Å². The number of hydrogen-bond acceptors (Lipinski definition) is 7. The number of rotatable bonds is 8. The smallest absolute Gasteiger partial charge is 0.276 e. The van der Waals surface area contributed by atoms with Gasteiger partial charge in [-0.1, -0.05) is 0 Å². The van der Waals surface area contributed by atoms with Crippen molar-refractivity contribution in [3.8, 4) is 5.75 Å². The number of carbonyl (C=O) groups is 2. The first-order valence-electron chi connectivity index (χ1n) is 10.8. The molecular weight excluding hydrogens is 396 g/mol. The maximum absolute atomic E-state index is 12.6. The van der Waals surface area contributed by atoms with Crippen LogP contribution in [0, 0.1) is 0 Å². The van der Waals surface area contributed by atoms with E-state index in [4.69, 9.17) is 10.6 Å². The maximum atomic E-state index is 12.6. The van der Waals surface area contributed by atoms with Crippen molar-refractivity contribution < 1.29 is 14.3 Å². The van der Waals surface area contributed by atoms with E-state index in [1.165, 1.54) is 37.5 Å². The Balaban J connectivity index is 1.47. The standard InChI is InChI=1S/C22H32N6O3/c1-17-5-3-10-26(17)11-4-14-31-19-8-6-18(7-9-19)28-13-12-27(16-21(28)29)22(30)20(25-23)15-24-2/h6-9,15,17H,3-5,10-14,16,23H2,1-2H3/t17-/m1/s1. The molecule has 0 spiro atoms. The third-order valence-electron chi connectivity index (χ3n) is 5.81. The molecule has 168 valence electrons. The molecule has 1 atom stereocenters. The SMILES string of the molecule is CN=CC(=NN)C(=O)N1CCN(c2ccc(OCCCN3CCC[C@H]3C)cc2)C(=O)C1. The lowest BCUT2D eigenvalue weighted by Crippen LogP contribution is -2.54. The number of hydrazone groups is 1. The molecule has 0 radical (unpaired) electrons. The highest BCUT2D eigenvalue weighted by atomic mass is 16.5. The monoisotopic (exact) mass is 428 g/mol. The zero-order chi connectivity index (χ0) is 22.2. The van der Waals surface area contributed by atoms with Crippen molar-refractivity contribution in [2.45, 2.75) is 32.2 Å². The van der Waals surface area contributed by atoms with E-state index in [2.05, 4.69) is 21.9 Å². The number of nitrogens with zero attached hydrogens (tertiary/aromatic N) is 5. The normalized spacial score (nSPS) is 20.6. The second kappa shape index (κ2) is 10.9. The van der Waals surface area contributed by atoms with E-state index in [1.807, 2.05) is 24.3 Å². The molecule has 3 rings (SSSR count). The number of likely N-dealkylation sites (tertiary alicyclic amines) is 1. The molecule has 0 aliphatic carbocycles. The van der Waals surface area contributed by atoms with E-state index in [9.17, 15) is 9.59 Å². The zero-order valence-electron chi connectivity index (χ0n) is 18.4. The highest BCUT2D eigenvalue weighted by Gasteiger charge is 2.29. The molecule has 9 nitrogen and oxygen atoms in total.